The number of hydrogen-bond donors (Lipinski definition) is 6. The first kappa shape index (κ1) is 81.9. The highest BCUT2D eigenvalue weighted by Crippen LogP contribution is 2.26. The Balaban J connectivity index is 2.57. The van der Waals surface area contributed by atoms with E-state index in [9.17, 15) is 35.1 Å². The van der Waals surface area contributed by atoms with Crippen LogP contribution in [0.25, 0.3) is 0 Å². The highest BCUT2D eigenvalue weighted by atomic mass is 16.7. The Morgan fingerprint density at radius 2 is 0.793 bits per heavy atom. The molecule has 1 rings (SSSR count). The third-order valence-corrected chi connectivity index (χ3v) is 16.8. The molecular formula is C76H135NO10. The van der Waals surface area contributed by atoms with E-state index in [1.165, 1.54) is 180 Å². The van der Waals surface area contributed by atoms with E-state index in [-0.39, 0.29) is 19.4 Å². The van der Waals surface area contributed by atoms with Gasteiger partial charge in [0.25, 0.3) is 0 Å². The van der Waals surface area contributed by atoms with Gasteiger partial charge < -0.3 is 45.1 Å². The number of unbranched alkanes of at least 4 members (excludes halogenated alkanes) is 36. The zero-order chi connectivity index (χ0) is 63.1. The summed E-state index contributed by atoms with van der Waals surface area (Å²) in [7, 11) is 0. The van der Waals surface area contributed by atoms with Crippen LogP contribution < -0.4 is 5.32 Å². The SMILES string of the molecule is CCCCC/C=C\C/C=C\C/C=C\C/C=C\CCCCCCCCCCCCCC(=O)OC1C(OCC(NC(=O)C(O)CCCCCCCCCC/C=C\C/C=C\CCCCC)C(O)/C=C/CCCCCCCCCCCCC)OC(CO)C(O)C1O. The van der Waals surface area contributed by atoms with Gasteiger partial charge in [0.2, 0.25) is 5.91 Å². The molecular weight excluding hydrogens is 1090 g/mol. The number of carbonyl (C=O) groups excluding carboxylic acids is 2. The van der Waals surface area contributed by atoms with Gasteiger partial charge in [0.05, 0.1) is 25.4 Å². The fraction of sp³-hybridized carbons (Fsp3) is 0.789. The van der Waals surface area contributed by atoms with E-state index >= 15 is 0 Å². The third kappa shape index (κ3) is 50.2. The lowest BCUT2D eigenvalue weighted by Gasteiger charge is -2.41. The summed E-state index contributed by atoms with van der Waals surface area (Å²) in [6, 6.07) is -1.03. The molecule has 0 radical (unpaired) electrons. The van der Waals surface area contributed by atoms with Crippen molar-refractivity contribution in [3.8, 4) is 0 Å². The minimum Gasteiger partial charge on any atom is -0.454 e. The number of allylic oxidation sites excluding steroid dienone is 13. The molecule has 0 aromatic heterocycles. The normalized spacial score (nSPS) is 18.7. The summed E-state index contributed by atoms with van der Waals surface area (Å²) >= 11 is 0. The van der Waals surface area contributed by atoms with Crippen LogP contribution in [-0.2, 0) is 23.8 Å². The summed E-state index contributed by atoms with van der Waals surface area (Å²) in [5.41, 5.74) is 0. The average Bonchev–Trinajstić information content (AvgIpc) is 2.51. The van der Waals surface area contributed by atoms with Gasteiger partial charge in [0.1, 0.15) is 24.4 Å². The van der Waals surface area contributed by atoms with Crippen molar-refractivity contribution in [3.63, 3.8) is 0 Å². The van der Waals surface area contributed by atoms with Crippen LogP contribution in [0.5, 0.6) is 0 Å². The van der Waals surface area contributed by atoms with E-state index in [1.807, 2.05) is 6.08 Å². The number of carbonyl (C=O) groups is 2. The van der Waals surface area contributed by atoms with Gasteiger partial charge in [-0.1, -0.05) is 298 Å². The van der Waals surface area contributed by atoms with Gasteiger partial charge in [0, 0.05) is 6.42 Å². The molecule has 0 bridgehead atoms. The number of aliphatic hydroxyl groups excluding tert-OH is 5. The summed E-state index contributed by atoms with van der Waals surface area (Å²) in [6.07, 6.45) is 73.3. The summed E-state index contributed by atoms with van der Waals surface area (Å²) in [5.74, 6) is -1.20. The molecule has 0 aromatic rings. The molecule has 6 N–H and O–H groups in total. The Morgan fingerprint density at radius 1 is 0.448 bits per heavy atom. The summed E-state index contributed by atoms with van der Waals surface area (Å²) < 4.78 is 17.7. The van der Waals surface area contributed by atoms with E-state index in [2.05, 4.69) is 99.0 Å². The molecule has 0 aromatic carbocycles. The topological polar surface area (TPSA) is 175 Å². The highest BCUT2D eigenvalue weighted by molar-refractivity contribution is 5.80. The zero-order valence-electron chi connectivity index (χ0n) is 56.1. The molecule has 1 aliphatic heterocycles. The standard InChI is InChI=1S/C76H135NO10/c1-4-7-10-13-16-19-22-25-27-29-31-32-33-34-35-36-37-38-39-41-43-46-49-52-55-58-61-64-71(81)87-74-73(83)72(82)70(65-78)86-76(74)85-66-67(68(79)62-59-56-53-50-47-44-24-21-18-15-12-9-6-3)77-75(84)69(80)63-60-57-54-51-48-45-42-40-30-28-26-23-20-17-14-11-8-5-2/h16-17,19-20,25-28,31-32,34-35,59,62,67-70,72-74,76,78-80,82-83H,4-15,18,21-24,29-30,33,36-58,60-61,63-66H2,1-3H3,(H,77,84)/b19-16-,20-17-,27-25-,28-26-,32-31-,35-34-,62-59+. The number of ether oxygens (including phenoxy) is 3. The van der Waals surface area contributed by atoms with Gasteiger partial charge in [-0.3, -0.25) is 9.59 Å². The molecule has 504 valence electrons. The van der Waals surface area contributed by atoms with Crippen LogP contribution in [0.1, 0.15) is 323 Å². The maximum atomic E-state index is 13.5. The molecule has 8 atom stereocenters. The van der Waals surface area contributed by atoms with E-state index < -0.39 is 67.4 Å². The Bertz CT molecular complexity index is 1740. The van der Waals surface area contributed by atoms with Crippen molar-refractivity contribution in [2.45, 2.75) is 372 Å². The first-order chi connectivity index (χ1) is 42.7. The maximum Gasteiger partial charge on any atom is 0.306 e. The Labute approximate surface area is 533 Å². The van der Waals surface area contributed by atoms with Gasteiger partial charge >= 0.3 is 5.97 Å². The molecule has 11 heteroatoms. The van der Waals surface area contributed by atoms with E-state index in [4.69, 9.17) is 14.2 Å². The molecule has 0 spiro atoms. The van der Waals surface area contributed by atoms with Crippen molar-refractivity contribution in [2.75, 3.05) is 13.2 Å². The van der Waals surface area contributed by atoms with Gasteiger partial charge in [0.15, 0.2) is 12.4 Å². The van der Waals surface area contributed by atoms with Crippen LogP contribution in [0.2, 0.25) is 0 Å². The third-order valence-electron chi connectivity index (χ3n) is 16.8. The molecule has 1 amide bonds. The van der Waals surface area contributed by atoms with Crippen LogP contribution in [0.3, 0.4) is 0 Å². The minimum absolute atomic E-state index is 0.117. The van der Waals surface area contributed by atoms with Crippen molar-refractivity contribution in [3.05, 3.63) is 85.1 Å². The van der Waals surface area contributed by atoms with Gasteiger partial charge in [-0.2, -0.15) is 0 Å². The molecule has 1 heterocycles. The number of hydrogen-bond acceptors (Lipinski definition) is 10. The van der Waals surface area contributed by atoms with Crippen molar-refractivity contribution in [1.82, 2.24) is 5.32 Å². The molecule has 8 unspecified atom stereocenters. The predicted octanol–water partition coefficient (Wildman–Crippen LogP) is 18.8. The molecule has 87 heavy (non-hydrogen) atoms. The summed E-state index contributed by atoms with van der Waals surface area (Å²) in [5, 5.41) is 57.3. The lowest BCUT2D eigenvalue weighted by Crippen LogP contribution is -2.61. The van der Waals surface area contributed by atoms with Crippen molar-refractivity contribution < 1.29 is 49.3 Å². The number of esters is 1. The predicted molar refractivity (Wildman–Crippen MR) is 366 cm³/mol. The molecule has 1 aliphatic rings. The second kappa shape index (κ2) is 63.0. The van der Waals surface area contributed by atoms with Crippen LogP contribution in [0, 0.1) is 0 Å². The van der Waals surface area contributed by atoms with Crippen LogP contribution in [-0.4, -0.2) is 99.6 Å². The summed E-state index contributed by atoms with van der Waals surface area (Å²) in [4.78, 5) is 26.7. The number of aliphatic hydroxyl groups is 5. The van der Waals surface area contributed by atoms with Crippen molar-refractivity contribution in [1.29, 1.82) is 0 Å². The van der Waals surface area contributed by atoms with Gasteiger partial charge in [-0.15, -0.1) is 0 Å². The monoisotopic (exact) mass is 1220 g/mol. The number of nitrogens with one attached hydrogen (secondary N) is 1. The lowest BCUT2D eigenvalue weighted by molar-refractivity contribution is -0.305. The van der Waals surface area contributed by atoms with E-state index in [1.54, 1.807) is 6.08 Å². The average molecular weight is 1220 g/mol. The first-order valence-corrected chi connectivity index (χ1v) is 36.4. The smallest absolute Gasteiger partial charge is 0.306 e. The fourth-order valence-corrected chi connectivity index (χ4v) is 11.0. The number of rotatable bonds is 62. The van der Waals surface area contributed by atoms with E-state index in [0.717, 1.165) is 96.3 Å². The van der Waals surface area contributed by atoms with Gasteiger partial charge in [-0.05, 0) is 103 Å². The number of amides is 1. The highest BCUT2D eigenvalue weighted by Gasteiger charge is 2.47. The Hall–Kier alpha value is -3.16. The fourth-order valence-electron chi connectivity index (χ4n) is 11.0. The quantitative estimate of drug-likeness (QED) is 0.0195. The lowest BCUT2D eigenvalue weighted by atomic mass is 9.99. The van der Waals surface area contributed by atoms with E-state index in [0.29, 0.717) is 12.8 Å². The Morgan fingerprint density at radius 3 is 1.21 bits per heavy atom. The molecule has 0 saturated carbocycles. The van der Waals surface area contributed by atoms with Crippen molar-refractivity contribution in [2.24, 2.45) is 0 Å². The first-order valence-electron chi connectivity index (χ1n) is 36.4. The molecule has 1 fully saturated rings. The zero-order valence-corrected chi connectivity index (χ0v) is 56.1. The minimum atomic E-state index is -1.62. The molecule has 11 nitrogen and oxygen atoms in total. The van der Waals surface area contributed by atoms with Gasteiger partial charge in [-0.25, -0.2) is 0 Å². The van der Waals surface area contributed by atoms with Crippen molar-refractivity contribution >= 4 is 11.9 Å². The van der Waals surface area contributed by atoms with Crippen LogP contribution in [0.4, 0.5) is 0 Å². The molecule has 0 aliphatic carbocycles. The Kier molecular flexibility index (Phi) is 59.3. The molecule has 1 saturated heterocycles. The van der Waals surface area contributed by atoms with Crippen LogP contribution >= 0.6 is 0 Å². The second-order valence-corrected chi connectivity index (χ2v) is 25.0. The second-order valence-electron chi connectivity index (χ2n) is 25.0. The maximum absolute atomic E-state index is 13.5. The van der Waals surface area contributed by atoms with Crippen LogP contribution in [0.15, 0.2) is 85.1 Å². The largest absolute Gasteiger partial charge is 0.454 e. The summed E-state index contributed by atoms with van der Waals surface area (Å²) in [6.45, 7) is 5.77.